The van der Waals surface area contributed by atoms with Crippen LogP contribution in [0.3, 0.4) is 0 Å². The molecular formula is C12H15N3O4. The third-order valence-corrected chi connectivity index (χ3v) is 2.86. The molecule has 1 atom stereocenters. The van der Waals surface area contributed by atoms with Crippen molar-refractivity contribution in [2.75, 3.05) is 18.5 Å². The fourth-order valence-corrected chi connectivity index (χ4v) is 1.90. The van der Waals surface area contributed by atoms with Gasteiger partial charge in [0.1, 0.15) is 5.69 Å². The van der Waals surface area contributed by atoms with Gasteiger partial charge >= 0.3 is 6.03 Å². The first-order valence-electron chi connectivity index (χ1n) is 5.96. The molecule has 1 saturated heterocycles. The number of anilines is 1. The van der Waals surface area contributed by atoms with Crippen LogP contribution in [-0.2, 0) is 4.74 Å². The second kappa shape index (κ2) is 5.66. The lowest BCUT2D eigenvalue weighted by Crippen LogP contribution is -2.38. The number of carbonyl (C=O) groups is 1. The molecule has 7 heteroatoms. The van der Waals surface area contributed by atoms with Crippen LogP contribution in [0, 0.1) is 17.0 Å². The van der Waals surface area contributed by atoms with Crippen molar-refractivity contribution in [3.05, 3.63) is 33.9 Å². The Morgan fingerprint density at radius 3 is 2.95 bits per heavy atom. The number of aryl methyl sites for hydroxylation is 1. The number of nitrogens with one attached hydrogen (secondary N) is 2. The van der Waals surface area contributed by atoms with Crippen molar-refractivity contribution in [2.24, 2.45) is 0 Å². The summed E-state index contributed by atoms with van der Waals surface area (Å²) in [4.78, 5) is 22.1. The van der Waals surface area contributed by atoms with Crippen molar-refractivity contribution in [1.82, 2.24) is 5.32 Å². The van der Waals surface area contributed by atoms with Crippen LogP contribution in [0.1, 0.15) is 12.0 Å². The number of carbonyl (C=O) groups excluding carboxylic acids is 1. The molecule has 1 aromatic carbocycles. The number of nitrogens with zero attached hydrogens (tertiary/aromatic N) is 1. The van der Waals surface area contributed by atoms with E-state index < -0.39 is 11.0 Å². The summed E-state index contributed by atoms with van der Waals surface area (Å²) < 4.78 is 5.14. The van der Waals surface area contributed by atoms with E-state index >= 15 is 0 Å². The third kappa shape index (κ3) is 3.41. The highest BCUT2D eigenvalue weighted by molar-refractivity contribution is 5.92. The van der Waals surface area contributed by atoms with Crippen molar-refractivity contribution in [1.29, 1.82) is 0 Å². The summed E-state index contributed by atoms with van der Waals surface area (Å²) >= 11 is 0. The smallest absolute Gasteiger partial charge is 0.319 e. The van der Waals surface area contributed by atoms with Crippen molar-refractivity contribution < 1.29 is 14.5 Å². The van der Waals surface area contributed by atoms with Gasteiger partial charge in [0.2, 0.25) is 0 Å². The van der Waals surface area contributed by atoms with Crippen molar-refractivity contribution >= 4 is 17.4 Å². The number of ether oxygens (including phenoxy) is 1. The molecule has 0 aliphatic carbocycles. The Bertz CT molecular complexity index is 498. The van der Waals surface area contributed by atoms with Gasteiger partial charge in [0.05, 0.1) is 17.6 Å². The first-order chi connectivity index (χ1) is 9.06. The van der Waals surface area contributed by atoms with E-state index in [0.29, 0.717) is 13.2 Å². The number of hydrogen-bond donors (Lipinski definition) is 2. The highest BCUT2D eigenvalue weighted by Crippen LogP contribution is 2.25. The maximum absolute atomic E-state index is 11.8. The quantitative estimate of drug-likeness (QED) is 0.643. The monoisotopic (exact) mass is 265 g/mol. The predicted octanol–water partition coefficient (Wildman–Crippen LogP) is 1.81. The number of hydrogen-bond acceptors (Lipinski definition) is 4. The summed E-state index contributed by atoms with van der Waals surface area (Å²) in [5.41, 5.74) is 0.912. The van der Waals surface area contributed by atoms with Crippen LogP contribution >= 0.6 is 0 Å². The van der Waals surface area contributed by atoms with E-state index in [4.69, 9.17) is 4.74 Å². The van der Waals surface area contributed by atoms with E-state index in [2.05, 4.69) is 10.6 Å². The summed E-state index contributed by atoms with van der Waals surface area (Å²) in [6, 6.07) is 4.09. The normalized spacial score (nSPS) is 18.1. The minimum atomic E-state index is -0.520. The number of nitro benzene ring substituents is 1. The molecule has 0 bridgehead atoms. The molecule has 0 saturated carbocycles. The van der Waals surface area contributed by atoms with E-state index in [1.165, 1.54) is 6.07 Å². The van der Waals surface area contributed by atoms with Gasteiger partial charge in [0.25, 0.3) is 5.69 Å². The molecule has 0 aromatic heterocycles. The molecular weight excluding hydrogens is 250 g/mol. The van der Waals surface area contributed by atoms with Crippen LogP contribution in [0.25, 0.3) is 0 Å². The zero-order valence-corrected chi connectivity index (χ0v) is 10.5. The van der Waals surface area contributed by atoms with E-state index in [-0.39, 0.29) is 17.4 Å². The first kappa shape index (κ1) is 13.3. The van der Waals surface area contributed by atoms with Crippen molar-refractivity contribution in [3.8, 4) is 0 Å². The Balaban J connectivity index is 2.06. The molecule has 2 rings (SSSR count). The summed E-state index contributed by atoms with van der Waals surface area (Å²) in [5.74, 6) is 0. The summed E-state index contributed by atoms with van der Waals surface area (Å²) in [5, 5.41) is 16.1. The predicted molar refractivity (Wildman–Crippen MR) is 69.2 cm³/mol. The van der Waals surface area contributed by atoms with Gasteiger partial charge in [-0.1, -0.05) is 6.07 Å². The minimum absolute atomic E-state index is 0.0381. The fraction of sp³-hybridized carbons (Fsp3) is 0.417. The van der Waals surface area contributed by atoms with E-state index in [0.717, 1.165) is 12.0 Å². The van der Waals surface area contributed by atoms with Crippen molar-refractivity contribution in [2.45, 2.75) is 19.4 Å². The molecule has 19 heavy (non-hydrogen) atoms. The van der Waals surface area contributed by atoms with Crippen LogP contribution in [0.2, 0.25) is 0 Å². The summed E-state index contributed by atoms with van der Waals surface area (Å²) in [6.07, 6.45) is 0.753. The van der Waals surface area contributed by atoms with Gasteiger partial charge in [-0.05, 0) is 25.0 Å². The Kier molecular flexibility index (Phi) is 3.96. The lowest BCUT2D eigenvalue weighted by molar-refractivity contribution is -0.383. The first-order valence-corrected chi connectivity index (χ1v) is 5.96. The molecule has 102 valence electrons. The number of nitro groups is 1. The number of urea groups is 1. The maximum Gasteiger partial charge on any atom is 0.319 e. The molecule has 0 radical (unpaired) electrons. The van der Waals surface area contributed by atoms with Gasteiger partial charge in [-0.3, -0.25) is 10.1 Å². The Labute approximate surface area is 110 Å². The van der Waals surface area contributed by atoms with Crippen LogP contribution < -0.4 is 10.6 Å². The second-order valence-corrected chi connectivity index (χ2v) is 4.44. The lowest BCUT2D eigenvalue weighted by Gasteiger charge is -2.12. The van der Waals surface area contributed by atoms with E-state index in [1.54, 1.807) is 19.1 Å². The molecule has 1 heterocycles. The van der Waals surface area contributed by atoms with E-state index in [1.807, 2.05) is 0 Å². The van der Waals surface area contributed by atoms with Crippen molar-refractivity contribution in [3.63, 3.8) is 0 Å². The molecule has 2 N–H and O–H groups in total. The summed E-state index contributed by atoms with van der Waals surface area (Å²) in [7, 11) is 0. The lowest BCUT2D eigenvalue weighted by atomic mass is 10.2. The highest BCUT2D eigenvalue weighted by atomic mass is 16.6. The van der Waals surface area contributed by atoms with Crippen LogP contribution in [0.4, 0.5) is 16.2 Å². The SMILES string of the molecule is Cc1ccc([N+](=O)[O-])c(NC(=O)NC2CCOC2)c1. The van der Waals surface area contributed by atoms with Crippen LogP contribution in [-0.4, -0.2) is 30.2 Å². The molecule has 1 fully saturated rings. The van der Waals surface area contributed by atoms with Crippen LogP contribution in [0.15, 0.2) is 18.2 Å². The number of rotatable bonds is 3. The Morgan fingerprint density at radius 1 is 1.53 bits per heavy atom. The number of amides is 2. The van der Waals surface area contributed by atoms with E-state index in [9.17, 15) is 14.9 Å². The van der Waals surface area contributed by atoms with Gasteiger partial charge in [0.15, 0.2) is 0 Å². The molecule has 2 amide bonds. The summed E-state index contributed by atoms with van der Waals surface area (Å²) in [6.45, 7) is 2.90. The van der Waals surface area contributed by atoms with Gasteiger partial charge in [-0.2, -0.15) is 0 Å². The largest absolute Gasteiger partial charge is 0.379 e. The average Bonchev–Trinajstić information content (AvgIpc) is 2.81. The molecule has 1 aliphatic rings. The Hall–Kier alpha value is -2.15. The standard InChI is InChI=1S/C12H15N3O4/c1-8-2-3-11(15(17)18)10(6-8)14-12(16)13-9-4-5-19-7-9/h2-3,6,9H,4-5,7H2,1H3,(H2,13,14,16). The zero-order chi connectivity index (χ0) is 13.8. The molecule has 0 spiro atoms. The molecule has 7 nitrogen and oxygen atoms in total. The third-order valence-electron chi connectivity index (χ3n) is 2.86. The minimum Gasteiger partial charge on any atom is -0.379 e. The van der Waals surface area contributed by atoms with Gasteiger partial charge in [0, 0.05) is 12.7 Å². The number of benzene rings is 1. The zero-order valence-electron chi connectivity index (χ0n) is 10.5. The average molecular weight is 265 g/mol. The molecule has 1 aliphatic heterocycles. The van der Waals surface area contributed by atoms with Gasteiger partial charge in [-0.15, -0.1) is 0 Å². The highest BCUT2D eigenvalue weighted by Gasteiger charge is 2.20. The van der Waals surface area contributed by atoms with Crippen LogP contribution in [0.5, 0.6) is 0 Å². The fourth-order valence-electron chi connectivity index (χ4n) is 1.90. The topological polar surface area (TPSA) is 93.5 Å². The molecule has 1 aromatic rings. The Morgan fingerprint density at radius 2 is 2.32 bits per heavy atom. The van der Waals surface area contributed by atoms with Gasteiger partial charge < -0.3 is 15.4 Å². The molecule has 1 unspecified atom stereocenters. The second-order valence-electron chi connectivity index (χ2n) is 4.44. The van der Waals surface area contributed by atoms with Gasteiger partial charge in [-0.25, -0.2) is 4.79 Å². The maximum atomic E-state index is 11.8.